The maximum Gasteiger partial charge on any atom is 0.243 e. The van der Waals surface area contributed by atoms with Gasteiger partial charge in [0.25, 0.3) is 0 Å². The van der Waals surface area contributed by atoms with Crippen molar-refractivity contribution in [1.82, 2.24) is 14.3 Å². The fourth-order valence-electron chi connectivity index (χ4n) is 3.93. The number of benzene rings is 1. The summed E-state index contributed by atoms with van der Waals surface area (Å²) in [4.78, 5) is 9.40. The topological polar surface area (TPSA) is 75.2 Å². The second-order valence-corrected chi connectivity index (χ2v) is 9.29. The average Bonchev–Trinajstić information content (AvgIpc) is 2.69. The molecule has 0 spiro atoms. The lowest BCUT2D eigenvalue weighted by Gasteiger charge is -2.26. The van der Waals surface area contributed by atoms with Crippen LogP contribution >= 0.6 is 0 Å². The molecule has 1 saturated heterocycles. The molecule has 1 aromatic heterocycles. The van der Waals surface area contributed by atoms with Crippen LogP contribution in [0, 0.1) is 0 Å². The summed E-state index contributed by atoms with van der Waals surface area (Å²) < 4.78 is 27.2. The molecule has 0 atom stereocenters. The summed E-state index contributed by atoms with van der Waals surface area (Å²) in [6.07, 6.45) is 10.9. The summed E-state index contributed by atoms with van der Waals surface area (Å²) in [7, 11) is -3.44. The monoisotopic (exact) mass is 374 g/mol. The van der Waals surface area contributed by atoms with Crippen molar-refractivity contribution in [3.8, 4) is 0 Å². The van der Waals surface area contributed by atoms with E-state index in [4.69, 9.17) is 0 Å². The Labute approximate surface area is 155 Å². The Hall–Kier alpha value is -1.73. The van der Waals surface area contributed by atoms with Gasteiger partial charge < -0.3 is 5.32 Å². The zero-order valence-corrected chi connectivity index (χ0v) is 15.8. The maximum atomic E-state index is 12.8. The number of nitrogens with zero attached hydrogens (tertiary/aromatic N) is 3. The van der Waals surface area contributed by atoms with Crippen molar-refractivity contribution in [2.45, 2.75) is 62.3 Å². The molecule has 1 aliphatic carbocycles. The van der Waals surface area contributed by atoms with Gasteiger partial charge in [0.1, 0.15) is 5.82 Å². The summed E-state index contributed by atoms with van der Waals surface area (Å²) in [5.41, 5.74) is 1.35. The Bertz CT molecular complexity index is 872. The number of nitrogens with one attached hydrogen (secondary N) is 1. The Morgan fingerprint density at radius 1 is 0.962 bits per heavy atom. The van der Waals surface area contributed by atoms with E-state index in [1.165, 1.54) is 32.1 Å². The minimum atomic E-state index is -3.44. The van der Waals surface area contributed by atoms with Crippen molar-refractivity contribution in [3.05, 3.63) is 24.4 Å². The molecule has 1 aromatic carbocycles. The van der Waals surface area contributed by atoms with E-state index in [2.05, 4.69) is 15.3 Å². The Kier molecular flexibility index (Phi) is 5.09. The molecule has 1 saturated carbocycles. The van der Waals surface area contributed by atoms with Gasteiger partial charge in [-0.15, -0.1) is 0 Å². The van der Waals surface area contributed by atoms with Crippen LogP contribution in [0.4, 0.5) is 5.82 Å². The molecule has 0 radical (unpaired) electrons. The van der Waals surface area contributed by atoms with Crippen molar-refractivity contribution in [2.24, 2.45) is 0 Å². The highest BCUT2D eigenvalue weighted by Crippen LogP contribution is 2.25. The second-order valence-electron chi connectivity index (χ2n) is 7.35. The van der Waals surface area contributed by atoms with Crippen LogP contribution < -0.4 is 5.32 Å². The molecule has 0 amide bonds. The molecule has 0 unspecified atom stereocenters. The van der Waals surface area contributed by atoms with Gasteiger partial charge >= 0.3 is 0 Å². The number of hydrogen-bond donors (Lipinski definition) is 1. The van der Waals surface area contributed by atoms with E-state index < -0.39 is 10.0 Å². The van der Waals surface area contributed by atoms with E-state index >= 15 is 0 Å². The van der Waals surface area contributed by atoms with Gasteiger partial charge in [0.15, 0.2) is 0 Å². The van der Waals surface area contributed by atoms with Crippen LogP contribution in [-0.2, 0) is 10.0 Å². The molecule has 2 heterocycles. The number of piperidine rings is 1. The first kappa shape index (κ1) is 17.7. The Balaban J connectivity index is 1.56. The maximum absolute atomic E-state index is 12.8. The summed E-state index contributed by atoms with van der Waals surface area (Å²) in [6, 6.07) is 5.54. The third-order valence-electron chi connectivity index (χ3n) is 5.42. The van der Waals surface area contributed by atoms with Gasteiger partial charge in [0.2, 0.25) is 10.0 Å². The third-order valence-corrected chi connectivity index (χ3v) is 7.32. The van der Waals surface area contributed by atoms with Crippen molar-refractivity contribution >= 4 is 26.9 Å². The van der Waals surface area contributed by atoms with Crippen molar-refractivity contribution in [1.29, 1.82) is 0 Å². The Morgan fingerprint density at radius 2 is 1.69 bits per heavy atom. The van der Waals surface area contributed by atoms with E-state index in [9.17, 15) is 8.42 Å². The average molecular weight is 375 g/mol. The first-order valence-corrected chi connectivity index (χ1v) is 11.1. The van der Waals surface area contributed by atoms with Crippen LogP contribution in [0.25, 0.3) is 11.0 Å². The van der Waals surface area contributed by atoms with Gasteiger partial charge in [-0.1, -0.05) is 25.7 Å². The van der Waals surface area contributed by atoms with Crippen LogP contribution in [-0.4, -0.2) is 41.8 Å². The number of anilines is 1. The molecule has 2 aliphatic rings. The molecule has 2 fully saturated rings. The molecule has 4 rings (SSSR count). The second kappa shape index (κ2) is 7.48. The SMILES string of the molecule is O=S(=O)(c1ccc2nc(NC3CCCCC3)cnc2c1)N1CCCCC1. The zero-order valence-electron chi connectivity index (χ0n) is 15.0. The number of hydrogen-bond acceptors (Lipinski definition) is 5. The fraction of sp³-hybridized carbons (Fsp3) is 0.579. The summed E-state index contributed by atoms with van der Waals surface area (Å²) >= 11 is 0. The van der Waals surface area contributed by atoms with Crippen LogP contribution in [0.5, 0.6) is 0 Å². The predicted octanol–water partition coefficient (Wildman–Crippen LogP) is 3.55. The summed E-state index contributed by atoms with van der Waals surface area (Å²) in [5, 5.41) is 3.47. The van der Waals surface area contributed by atoms with Crippen molar-refractivity contribution in [2.75, 3.05) is 18.4 Å². The lowest BCUT2D eigenvalue weighted by molar-refractivity contribution is 0.346. The predicted molar refractivity (Wildman–Crippen MR) is 103 cm³/mol. The molecular weight excluding hydrogens is 348 g/mol. The smallest absolute Gasteiger partial charge is 0.243 e. The molecule has 0 bridgehead atoms. The summed E-state index contributed by atoms with van der Waals surface area (Å²) in [6.45, 7) is 1.21. The quantitative estimate of drug-likeness (QED) is 0.886. The standard InChI is InChI=1S/C19H26N4O2S/c24-26(25,23-11-5-2-6-12-23)16-9-10-17-18(13-16)20-14-19(22-17)21-15-7-3-1-4-8-15/h9-10,13-15H,1-8,11-12H2,(H,21,22). The third kappa shape index (κ3) is 3.69. The van der Waals surface area contributed by atoms with Crippen molar-refractivity contribution in [3.63, 3.8) is 0 Å². The number of aromatic nitrogens is 2. The molecule has 1 N–H and O–H groups in total. The lowest BCUT2D eigenvalue weighted by atomic mass is 9.95. The Morgan fingerprint density at radius 3 is 2.46 bits per heavy atom. The van der Waals surface area contributed by atoms with E-state index in [1.54, 1.807) is 28.7 Å². The summed E-state index contributed by atoms with van der Waals surface area (Å²) in [5.74, 6) is 0.774. The largest absolute Gasteiger partial charge is 0.366 e. The minimum absolute atomic E-state index is 0.314. The molecule has 7 heteroatoms. The normalized spacial score (nSPS) is 20.3. The van der Waals surface area contributed by atoms with Gasteiger partial charge in [0, 0.05) is 19.1 Å². The first-order valence-electron chi connectivity index (χ1n) is 9.66. The molecule has 1 aliphatic heterocycles. The van der Waals surface area contributed by atoms with Gasteiger partial charge in [-0.3, -0.25) is 4.98 Å². The highest BCUT2D eigenvalue weighted by molar-refractivity contribution is 7.89. The van der Waals surface area contributed by atoms with Gasteiger partial charge in [-0.2, -0.15) is 4.31 Å². The fourth-order valence-corrected chi connectivity index (χ4v) is 5.47. The number of fused-ring (bicyclic) bond motifs is 1. The number of rotatable bonds is 4. The lowest BCUT2D eigenvalue weighted by Crippen LogP contribution is -2.35. The highest BCUT2D eigenvalue weighted by atomic mass is 32.2. The van der Waals surface area contributed by atoms with E-state index in [0.29, 0.717) is 29.5 Å². The van der Waals surface area contributed by atoms with Gasteiger partial charge in [0.05, 0.1) is 22.1 Å². The van der Waals surface area contributed by atoms with Crippen LogP contribution in [0.3, 0.4) is 0 Å². The van der Waals surface area contributed by atoms with Crippen LogP contribution in [0.2, 0.25) is 0 Å². The number of sulfonamides is 1. The molecular formula is C19H26N4O2S. The molecule has 140 valence electrons. The van der Waals surface area contributed by atoms with E-state index in [0.717, 1.165) is 30.6 Å². The zero-order chi connectivity index (χ0) is 18.0. The molecule has 2 aromatic rings. The molecule has 26 heavy (non-hydrogen) atoms. The van der Waals surface area contributed by atoms with E-state index in [1.807, 2.05) is 0 Å². The van der Waals surface area contributed by atoms with Crippen LogP contribution in [0.1, 0.15) is 51.4 Å². The van der Waals surface area contributed by atoms with Crippen LogP contribution in [0.15, 0.2) is 29.3 Å². The van der Waals surface area contributed by atoms with Gasteiger partial charge in [-0.05, 0) is 43.9 Å². The minimum Gasteiger partial charge on any atom is -0.366 e. The van der Waals surface area contributed by atoms with Crippen molar-refractivity contribution < 1.29 is 8.42 Å². The molecule has 6 nitrogen and oxygen atoms in total. The first-order chi connectivity index (χ1) is 12.6. The highest BCUT2D eigenvalue weighted by Gasteiger charge is 2.26. The van der Waals surface area contributed by atoms with Gasteiger partial charge in [-0.25, -0.2) is 13.4 Å². The van der Waals surface area contributed by atoms with E-state index in [-0.39, 0.29) is 0 Å².